The first-order valence-corrected chi connectivity index (χ1v) is 11.9. The first-order chi connectivity index (χ1) is 17.6. The van der Waals surface area contributed by atoms with E-state index >= 15 is 0 Å². The quantitative estimate of drug-likeness (QED) is 0.410. The van der Waals surface area contributed by atoms with Crippen molar-refractivity contribution in [2.45, 2.75) is 44.8 Å². The maximum atomic E-state index is 14.5. The van der Waals surface area contributed by atoms with Gasteiger partial charge in [-0.3, -0.25) is 0 Å². The van der Waals surface area contributed by atoms with E-state index in [1.807, 2.05) is 48.5 Å². The van der Waals surface area contributed by atoms with Gasteiger partial charge in [0, 0.05) is 18.4 Å². The highest BCUT2D eigenvalue weighted by Crippen LogP contribution is 2.44. The molecule has 0 heterocycles. The minimum absolute atomic E-state index is 0.0203. The number of alkyl carbamates (subject to hydrolysis) is 1. The van der Waals surface area contributed by atoms with Crippen LogP contribution in [0.5, 0.6) is 5.75 Å². The van der Waals surface area contributed by atoms with Crippen LogP contribution in [0, 0.1) is 11.6 Å². The maximum Gasteiger partial charge on any atom is 0.407 e. The SMILES string of the molecule is COc1cc(C[C@H](NC(=O)OCC2c3ccccc3-c3ccccc32)C(=O)OC(C)(C)C)c(F)cc1F. The van der Waals surface area contributed by atoms with Crippen LogP contribution < -0.4 is 10.1 Å². The van der Waals surface area contributed by atoms with Crippen LogP contribution in [0.3, 0.4) is 0 Å². The van der Waals surface area contributed by atoms with Crippen molar-refractivity contribution in [2.24, 2.45) is 0 Å². The summed E-state index contributed by atoms with van der Waals surface area (Å²) in [6.07, 6.45) is -1.14. The van der Waals surface area contributed by atoms with Crippen molar-refractivity contribution in [2.75, 3.05) is 13.7 Å². The second-order valence-electron chi connectivity index (χ2n) is 9.84. The summed E-state index contributed by atoms with van der Waals surface area (Å²) >= 11 is 0. The standard InChI is InChI=1S/C29H29F2NO5/c1-29(2,3)37-27(33)25(13-17-14-26(35-4)24(31)15-23(17)30)32-28(34)36-16-22-20-11-7-5-9-18(20)19-10-6-8-12-21(19)22/h5-12,14-15,22,25H,13,16H2,1-4H3,(H,32,34)/t25-/m0/s1. The molecule has 1 aliphatic rings. The van der Waals surface area contributed by atoms with Crippen LogP contribution in [-0.2, 0) is 20.7 Å². The van der Waals surface area contributed by atoms with Crippen LogP contribution in [0.4, 0.5) is 13.6 Å². The van der Waals surface area contributed by atoms with Gasteiger partial charge >= 0.3 is 12.1 Å². The molecule has 8 heteroatoms. The fourth-order valence-corrected chi connectivity index (χ4v) is 4.45. The second-order valence-corrected chi connectivity index (χ2v) is 9.84. The number of halogens is 2. The summed E-state index contributed by atoms with van der Waals surface area (Å²) < 4.78 is 44.3. The monoisotopic (exact) mass is 509 g/mol. The molecule has 1 atom stereocenters. The lowest BCUT2D eigenvalue weighted by molar-refractivity contribution is -0.157. The highest BCUT2D eigenvalue weighted by molar-refractivity contribution is 5.82. The minimum atomic E-state index is -1.28. The molecule has 194 valence electrons. The average molecular weight is 510 g/mol. The van der Waals surface area contributed by atoms with E-state index in [9.17, 15) is 18.4 Å². The molecular weight excluding hydrogens is 480 g/mol. The molecule has 0 bridgehead atoms. The zero-order valence-corrected chi connectivity index (χ0v) is 21.1. The summed E-state index contributed by atoms with van der Waals surface area (Å²) in [6.45, 7) is 5.07. The van der Waals surface area contributed by atoms with Gasteiger partial charge in [-0.05, 0) is 54.7 Å². The largest absolute Gasteiger partial charge is 0.494 e. The van der Waals surface area contributed by atoms with Crippen molar-refractivity contribution in [1.29, 1.82) is 0 Å². The highest BCUT2D eigenvalue weighted by atomic mass is 19.1. The van der Waals surface area contributed by atoms with Crippen molar-refractivity contribution in [3.05, 3.63) is 89.0 Å². The van der Waals surface area contributed by atoms with Crippen LogP contribution in [-0.4, -0.2) is 37.4 Å². The third-order valence-corrected chi connectivity index (χ3v) is 6.07. The van der Waals surface area contributed by atoms with Gasteiger partial charge in [-0.2, -0.15) is 0 Å². The lowest BCUT2D eigenvalue weighted by Crippen LogP contribution is -2.46. The predicted molar refractivity (Wildman–Crippen MR) is 134 cm³/mol. The zero-order chi connectivity index (χ0) is 26.7. The number of benzene rings is 3. The van der Waals surface area contributed by atoms with E-state index in [-0.39, 0.29) is 30.3 Å². The summed E-state index contributed by atoms with van der Waals surface area (Å²) in [6, 6.07) is 16.4. The smallest absolute Gasteiger partial charge is 0.407 e. The van der Waals surface area contributed by atoms with Crippen LogP contribution in [0.15, 0.2) is 60.7 Å². The Morgan fingerprint density at radius 3 is 2.11 bits per heavy atom. The van der Waals surface area contributed by atoms with E-state index in [2.05, 4.69) is 5.32 Å². The van der Waals surface area contributed by atoms with Crippen LogP contribution in [0.25, 0.3) is 11.1 Å². The molecule has 1 amide bonds. The molecule has 37 heavy (non-hydrogen) atoms. The Kier molecular flexibility index (Phi) is 7.47. The summed E-state index contributed by atoms with van der Waals surface area (Å²) in [5.74, 6) is -2.87. The Labute approximate surface area is 214 Å². The topological polar surface area (TPSA) is 73.9 Å². The van der Waals surface area contributed by atoms with Crippen molar-refractivity contribution >= 4 is 12.1 Å². The molecule has 0 fully saturated rings. The highest BCUT2D eigenvalue weighted by Gasteiger charge is 2.31. The van der Waals surface area contributed by atoms with Gasteiger partial charge in [0.25, 0.3) is 0 Å². The number of ether oxygens (including phenoxy) is 3. The van der Waals surface area contributed by atoms with Gasteiger partial charge in [0.15, 0.2) is 11.6 Å². The van der Waals surface area contributed by atoms with Crippen LogP contribution in [0.1, 0.15) is 43.4 Å². The molecule has 0 spiro atoms. The van der Waals surface area contributed by atoms with Crippen molar-refractivity contribution in [3.63, 3.8) is 0 Å². The number of rotatable bonds is 7. The number of amides is 1. The number of nitrogens with one attached hydrogen (secondary N) is 1. The van der Waals surface area contributed by atoms with E-state index in [1.54, 1.807) is 20.8 Å². The first-order valence-electron chi connectivity index (χ1n) is 11.9. The molecule has 0 saturated carbocycles. The maximum absolute atomic E-state index is 14.5. The number of esters is 1. The summed E-state index contributed by atoms with van der Waals surface area (Å²) in [4.78, 5) is 25.7. The molecule has 0 aromatic heterocycles. The molecule has 1 aliphatic carbocycles. The number of methoxy groups -OCH3 is 1. The molecule has 4 rings (SSSR count). The number of hydrogen-bond donors (Lipinski definition) is 1. The van der Waals surface area contributed by atoms with Gasteiger partial charge in [0.05, 0.1) is 7.11 Å². The summed E-state index contributed by atoms with van der Waals surface area (Å²) in [5, 5.41) is 2.50. The Hall–Kier alpha value is -3.94. The van der Waals surface area contributed by atoms with Crippen molar-refractivity contribution in [1.82, 2.24) is 5.32 Å². The van der Waals surface area contributed by atoms with Crippen LogP contribution >= 0.6 is 0 Å². The first kappa shape index (κ1) is 26.1. The van der Waals surface area contributed by atoms with E-state index in [1.165, 1.54) is 7.11 Å². The minimum Gasteiger partial charge on any atom is -0.494 e. The molecule has 6 nitrogen and oxygen atoms in total. The number of carbonyl (C=O) groups excluding carboxylic acids is 2. The van der Waals surface area contributed by atoms with Gasteiger partial charge in [0.2, 0.25) is 0 Å². The zero-order valence-electron chi connectivity index (χ0n) is 21.1. The Balaban J connectivity index is 1.51. The number of hydrogen-bond acceptors (Lipinski definition) is 5. The molecule has 0 aliphatic heterocycles. The third-order valence-electron chi connectivity index (χ3n) is 6.07. The van der Waals surface area contributed by atoms with Gasteiger partial charge < -0.3 is 19.5 Å². The Morgan fingerprint density at radius 2 is 1.54 bits per heavy atom. The van der Waals surface area contributed by atoms with Crippen LogP contribution in [0.2, 0.25) is 0 Å². The van der Waals surface area contributed by atoms with Gasteiger partial charge in [-0.25, -0.2) is 18.4 Å². The fraction of sp³-hybridized carbons (Fsp3) is 0.310. The van der Waals surface area contributed by atoms with Gasteiger partial charge in [-0.1, -0.05) is 48.5 Å². The lowest BCUT2D eigenvalue weighted by atomic mass is 9.98. The molecule has 0 saturated heterocycles. The molecule has 3 aromatic carbocycles. The van der Waals surface area contributed by atoms with Crippen molar-refractivity contribution < 1.29 is 32.6 Å². The lowest BCUT2D eigenvalue weighted by Gasteiger charge is -2.25. The number of carbonyl (C=O) groups is 2. The molecular formula is C29H29F2NO5. The van der Waals surface area contributed by atoms with E-state index in [0.717, 1.165) is 28.3 Å². The third kappa shape index (κ3) is 5.90. The molecule has 3 aromatic rings. The van der Waals surface area contributed by atoms with Gasteiger partial charge in [-0.15, -0.1) is 0 Å². The molecule has 0 radical (unpaired) electrons. The second kappa shape index (κ2) is 10.6. The fourth-order valence-electron chi connectivity index (χ4n) is 4.45. The Morgan fingerprint density at radius 1 is 0.946 bits per heavy atom. The Bertz CT molecular complexity index is 1270. The van der Waals surface area contributed by atoms with E-state index in [0.29, 0.717) is 6.07 Å². The van der Waals surface area contributed by atoms with Crippen molar-refractivity contribution in [3.8, 4) is 16.9 Å². The predicted octanol–water partition coefficient (Wildman–Crippen LogP) is 5.76. The summed E-state index contributed by atoms with van der Waals surface area (Å²) in [7, 11) is 1.25. The van der Waals surface area contributed by atoms with E-state index < -0.39 is 35.3 Å². The molecule has 1 N–H and O–H groups in total. The number of fused-ring (bicyclic) bond motifs is 3. The summed E-state index contributed by atoms with van der Waals surface area (Å²) in [5.41, 5.74) is 3.38. The molecule has 0 unspecified atom stereocenters. The normalized spacial score (nSPS) is 13.4. The average Bonchev–Trinajstić information content (AvgIpc) is 3.16. The van der Waals surface area contributed by atoms with E-state index in [4.69, 9.17) is 14.2 Å². The van der Waals surface area contributed by atoms with Gasteiger partial charge in [0.1, 0.15) is 24.1 Å².